The van der Waals surface area contributed by atoms with Crippen LogP contribution in [0.4, 0.5) is 4.79 Å². The molecule has 2 rings (SSSR count). The van der Waals surface area contributed by atoms with Crippen LogP contribution in [-0.4, -0.2) is 17.2 Å². The van der Waals surface area contributed by atoms with E-state index in [0.29, 0.717) is 0 Å². The van der Waals surface area contributed by atoms with Gasteiger partial charge < -0.3 is 9.47 Å². The molecular weight excluding hydrogens is 302 g/mol. The van der Waals surface area contributed by atoms with Gasteiger partial charge in [0.1, 0.15) is 6.10 Å². The molecule has 0 aliphatic rings. The Hall–Kier alpha value is -2.36. The van der Waals surface area contributed by atoms with Gasteiger partial charge in [-0.1, -0.05) is 50.2 Å². The first kappa shape index (κ1) is 18.0. The van der Waals surface area contributed by atoms with E-state index >= 15 is 0 Å². The van der Waals surface area contributed by atoms with Crippen LogP contribution in [0.3, 0.4) is 0 Å². The Kier molecular flexibility index (Phi) is 7.27. The Labute approximate surface area is 143 Å². The van der Waals surface area contributed by atoms with Gasteiger partial charge in [-0.3, -0.25) is 0 Å². The average molecular weight is 327 g/mol. The zero-order chi connectivity index (χ0) is 17.2. The SMILES string of the molecule is CC(C)C(CCCCc1ccccc1)OC(=O)Oc1ccccn1. The maximum Gasteiger partial charge on any atom is 0.515 e. The number of aryl methyl sites for hydroxylation is 1. The molecule has 128 valence electrons. The number of nitrogens with zero attached hydrogens (tertiary/aromatic N) is 1. The van der Waals surface area contributed by atoms with Crippen LogP contribution >= 0.6 is 0 Å². The first-order valence-corrected chi connectivity index (χ1v) is 8.48. The molecule has 0 radical (unpaired) electrons. The number of carbonyl (C=O) groups is 1. The van der Waals surface area contributed by atoms with Crippen LogP contribution in [0, 0.1) is 5.92 Å². The Bertz CT molecular complexity index is 599. The normalized spacial score (nSPS) is 12.0. The number of aromatic nitrogens is 1. The number of rotatable bonds is 8. The highest BCUT2D eigenvalue weighted by atomic mass is 16.7. The van der Waals surface area contributed by atoms with Gasteiger partial charge in [0.05, 0.1) is 0 Å². The van der Waals surface area contributed by atoms with Crippen LogP contribution in [0.2, 0.25) is 0 Å². The Morgan fingerprint density at radius 3 is 2.46 bits per heavy atom. The second-order valence-electron chi connectivity index (χ2n) is 6.15. The predicted molar refractivity (Wildman–Crippen MR) is 94.0 cm³/mol. The van der Waals surface area contributed by atoms with Crippen molar-refractivity contribution in [3.05, 3.63) is 60.3 Å². The Balaban J connectivity index is 1.74. The molecule has 1 atom stereocenters. The maximum absolute atomic E-state index is 11.9. The number of hydrogen-bond donors (Lipinski definition) is 0. The third-order valence-electron chi connectivity index (χ3n) is 3.86. The average Bonchev–Trinajstić information content (AvgIpc) is 2.59. The van der Waals surface area contributed by atoms with Gasteiger partial charge in [0.15, 0.2) is 0 Å². The fourth-order valence-electron chi connectivity index (χ4n) is 2.49. The summed E-state index contributed by atoms with van der Waals surface area (Å²) in [6.07, 6.45) is 4.71. The molecule has 0 bridgehead atoms. The summed E-state index contributed by atoms with van der Waals surface area (Å²) in [5.74, 6) is 0.507. The summed E-state index contributed by atoms with van der Waals surface area (Å²) in [5.41, 5.74) is 1.34. The summed E-state index contributed by atoms with van der Waals surface area (Å²) >= 11 is 0. The maximum atomic E-state index is 11.9. The van der Waals surface area contributed by atoms with E-state index in [4.69, 9.17) is 9.47 Å². The second-order valence-corrected chi connectivity index (χ2v) is 6.15. The molecule has 0 saturated carbocycles. The quantitative estimate of drug-likeness (QED) is 0.504. The minimum Gasteiger partial charge on any atom is -0.430 e. The van der Waals surface area contributed by atoms with Crippen molar-refractivity contribution < 1.29 is 14.3 Å². The van der Waals surface area contributed by atoms with E-state index in [-0.39, 0.29) is 17.9 Å². The minimum atomic E-state index is -0.685. The summed E-state index contributed by atoms with van der Waals surface area (Å²) in [6.45, 7) is 4.10. The van der Waals surface area contributed by atoms with Crippen molar-refractivity contribution in [2.45, 2.75) is 45.6 Å². The number of ether oxygens (including phenoxy) is 2. The molecule has 2 aromatic rings. The molecule has 0 saturated heterocycles. The fraction of sp³-hybridized carbons (Fsp3) is 0.400. The smallest absolute Gasteiger partial charge is 0.430 e. The van der Waals surface area contributed by atoms with Crippen molar-refractivity contribution in [2.75, 3.05) is 0 Å². The topological polar surface area (TPSA) is 48.4 Å². The largest absolute Gasteiger partial charge is 0.515 e. The van der Waals surface area contributed by atoms with Crippen molar-refractivity contribution in [1.82, 2.24) is 4.98 Å². The van der Waals surface area contributed by atoms with E-state index in [9.17, 15) is 4.79 Å². The molecule has 1 heterocycles. The van der Waals surface area contributed by atoms with Crippen LogP contribution < -0.4 is 4.74 Å². The van der Waals surface area contributed by atoms with Gasteiger partial charge >= 0.3 is 6.16 Å². The molecule has 0 N–H and O–H groups in total. The lowest BCUT2D eigenvalue weighted by Crippen LogP contribution is -2.25. The molecule has 4 heteroatoms. The van der Waals surface area contributed by atoms with E-state index in [1.165, 1.54) is 5.56 Å². The monoisotopic (exact) mass is 327 g/mol. The molecule has 1 unspecified atom stereocenters. The molecule has 0 amide bonds. The highest BCUT2D eigenvalue weighted by Gasteiger charge is 2.19. The summed E-state index contributed by atoms with van der Waals surface area (Å²) in [6, 6.07) is 15.6. The zero-order valence-corrected chi connectivity index (χ0v) is 14.4. The van der Waals surface area contributed by atoms with Gasteiger partial charge in [0, 0.05) is 12.3 Å². The van der Waals surface area contributed by atoms with E-state index in [2.05, 4.69) is 43.1 Å². The highest BCUT2D eigenvalue weighted by Crippen LogP contribution is 2.17. The third-order valence-corrected chi connectivity index (χ3v) is 3.86. The fourth-order valence-corrected chi connectivity index (χ4v) is 2.49. The molecule has 0 aliphatic heterocycles. The molecular formula is C20H25NO3. The van der Waals surface area contributed by atoms with Gasteiger partial charge in [-0.15, -0.1) is 0 Å². The lowest BCUT2D eigenvalue weighted by molar-refractivity contribution is 0.0313. The van der Waals surface area contributed by atoms with Crippen molar-refractivity contribution in [2.24, 2.45) is 5.92 Å². The van der Waals surface area contributed by atoms with E-state index < -0.39 is 6.16 Å². The van der Waals surface area contributed by atoms with E-state index in [0.717, 1.165) is 25.7 Å². The second kappa shape index (κ2) is 9.71. The van der Waals surface area contributed by atoms with Crippen molar-refractivity contribution in [3.8, 4) is 5.88 Å². The van der Waals surface area contributed by atoms with Crippen molar-refractivity contribution in [1.29, 1.82) is 0 Å². The first-order valence-electron chi connectivity index (χ1n) is 8.48. The molecule has 0 aliphatic carbocycles. The third kappa shape index (κ3) is 6.41. The predicted octanol–water partition coefficient (Wildman–Crippen LogP) is 5.03. The lowest BCUT2D eigenvalue weighted by Gasteiger charge is -2.20. The standard InChI is InChI=1S/C20H25NO3/c1-16(2)18(13-7-6-12-17-10-4-3-5-11-17)23-20(22)24-19-14-8-9-15-21-19/h3-5,8-11,14-16,18H,6-7,12-13H2,1-2H3. The van der Waals surface area contributed by atoms with Crippen LogP contribution in [0.25, 0.3) is 0 Å². The van der Waals surface area contributed by atoms with Crippen molar-refractivity contribution >= 4 is 6.16 Å². The molecule has 0 spiro atoms. The molecule has 4 nitrogen and oxygen atoms in total. The lowest BCUT2D eigenvalue weighted by atomic mass is 9.99. The molecule has 24 heavy (non-hydrogen) atoms. The molecule has 1 aromatic heterocycles. The summed E-state index contributed by atoms with van der Waals surface area (Å²) in [7, 11) is 0. The van der Waals surface area contributed by atoms with E-state index in [1.807, 2.05) is 6.07 Å². The van der Waals surface area contributed by atoms with Crippen LogP contribution in [0.1, 0.15) is 38.7 Å². The van der Waals surface area contributed by atoms with Gasteiger partial charge in [0.2, 0.25) is 5.88 Å². The summed E-state index contributed by atoms with van der Waals surface area (Å²) in [5, 5.41) is 0. The van der Waals surface area contributed by atoms with Crippen LogP contribution in [-0.2, 0) is 11.2 Å². The van der Waals surface area contributed by atoms with Gasteiger partial charge in [0.25, 0.3) is 0 Å². The number of unbranched alkanes of at least 4 members (excludes halogenated alkanes) is 1. The van der Waals surface area contributed by atoms with Gasteiger partial charge in [-0.2, -0.15) is 0 Å². The Morgan fingerprint density at radius 2 is 1.79 bits per heavy atom. The van der Waals surface area contributed by atoms with E-state index in [1.54, 1.807) is 24.4 Å². The Morgan fingerprint density at radius 1 is 1.04 bits per heavy atom. The zero-order valence-electron chi connectivity index (χ0n) is 14.4. The van der Waals surface area contributed by atoms with Gasteiger partial charge in [-0.05, 0) is 43.2 Å². The molecule has 1 aromatic carbocycles. The number of carbonyl (C=O) groups excluding carboxylic acids is 1. The number of benzene rings is 1. The molecule has 0 fully saturated rings. The number of pyridine rings is 1. The van der Waals surface area contributed by atoms with Crippen LogP contribution in [0.5, 0.6) is 5.88 Å². The summed E-state index contributed by atoms with van der Waals surface area (Å²) < 4.78 is 10.6. The van der Waals surface area contributed by atoms with Crippen molar-refractivity contribution in [3.63, 3.8) is 0 Å². The minimum absolute atomic E-state index is 0.142. The summed E-state index contributed by atoms with van der Waals surface area (Å²) in [4.78, 5) is 15.9. The van der Waals surface area contributed by atoms with Gasteiger partial charge in [-0.25, -0.2) is 9.78 Å². The highest BCUT2D eigenvalue weighted by molar-refractivity contribution is 5.63. The first-order chi connectivity index (χ1) is 11.6. The van der Waals surface area contributed by atoms with Crippen LogP contribution in [0.15, 0.2) is 54.7 Å². The number of hydrogen-bond acceptors (Lipinski definition) is 4.